The third-order valence-corrected chi connectivity index (χ3v) is 6.32. The van der Waals surface area contributed by atoms with Crippen molar-refractivity contribution in [3.63, 3.8) is 0 Å². The molecule has 1 fully saturated rings. The number of ether oxygens (including phenoxy) is 1. The van der Waals surface area contributed by atoms with Crippen LogP contribution in [0.3, 0.4) is 0 Å². The maximum Gasteiger partial charge on any atom is 0.338 e. The molecule has 1 saturated heterocycles. The Morgan fingerprint density at radius 2 is 1.71 bits per heavy atom. The second-order valence-electron chi connectivity index (χ2n) is 8.48. The van der Waals surface area contributed by atoms with Gasteiger partial charge in [-0.2, -0.15) is 0 Å². The molecule has 2 heterocycles. The highest BCUT2D eigenvalue weighted by atomic mass is 19.1. The van der Waals surface area contributed by atoms with Crippen molar-refractivity contribution in [2.75, 3.05) is 44.2 Å². The van der Waals surface area contributed by atoms with Gasteiger partial charge < -0.3 is 20.3 Å². The van der Waals surface area contributed by atoms with E-state index in [9.17, 15) is 14.0 Å². The van der Waals surface area contributed by atoms with Gasteiger partial charge in [0.15, 0.2) is 0 Å². The number of aryl methyl sites for hydroxylation is 1. The molecule has 180 valence electrons. The van der Waals surface area contributed by atoms with Crippen LogP contribution in [-0.4, -0.2) is 56.2 Å². The summed E-state index contributed by atoms with van der Waals surface area (Å²) in [6, 6.07) is 13.5. The number of nitrogens with zero attached hydrogens (tertiary/aromatic N) is 2. The largest absolute Gasteiger partial charge is 0.463 e. The standard InChI is InChI=1S/C26H31FN4O3/c1-3-18-5-7-19(8-6-18)24-23(25(32)34-4-2)22(28-26(33)29-24)17-30-13-15-31(16-14-30)21-11-9-20(27)10-12-21/h5-12,24H,3-4,13-17H2,1-2H3,(H2,28,29,33). The number of rotatable bonds is 7. The van der Waals surface area contributed by atoms with Crippen LogP contribution in [0.15, 0.2) is 59.8 Å². The summed E-state index contributed by atoms with van der Waals surface area (Å²) in [6.07, 6.45) is 0.911. The molecule has 2 aromatic rings. The SMILES string of the molecule is CCOC(=O)C1=C(CN2CCN(c3ccc(F)cc3)CC2)NC(=O)NC1c1ccc(CC)cc1. The van der Waals surface area contributed by atoms with Gasteiger partial charge in [0.25, 0.3) is 0 Å². The first kappa shape index (κ1) is 23.8. The van der Waals surface area contributed by atoms with E-state index in [2.05, 4.69) is 27.4 Å². The minimum atomic E-state index is -0.575. The highest BCUT2D eigenvalue weighted by Crippen LogP contribution is 2.29. The van der Waals surface area contributed by atoms with Crippen molar-refractivity contribution >= 4 is 17.7 Å². The van der Waals surface area contributed by atoms with E-state index in [1.165, 1.54) is 17.7 Å². The lowest BCUT2D eigenvalue weighted by Crippen LogP contribution is -2.51. The number of urea groups is 1. The molecule has 7 nitrogen and oxygen atoms in total. The van der Waals surface area contributed by atoms with E-state index in [1.54, 1.807) is 19.1 Å². The van der Waals surface area contributed by atoms with Crippen LogP contribution in [0.2, 0.25) is 0 Å². The lowest BCUT2D eigenvalue weighted by atomic mass is 9.94. The van der Waals surface area contributed by atoms with E-state index in [-0.39, 0.29) is 18.5 Å². The molecule has 1 unspecified atom stereocenters. The summed E-state index contributed by atoms with van der Waals surface area (Å²) in [4.78, 5) is 30.0. The molecule has 2 N–H and O–H groups in total. The zero-order valence-electron chi connectivity index (χ0n) is 19.6. The first-order valence-electron chi connectivity index (χ1n) is 11.8. The summed E-state index contributed by atoms with van der Waals surface area (Å²) in [5.41, 5.74) is 4.02. The van der Waals surface area contributed by atoms with Gasteiger partial charge in [0, 0.05) is 44.1 Å². The van der Waals surface area contributed by atoms with E-state index >= 15 is 0 Å². The Labute approximate surface area is 199 Å². The molecule has 0 spiro atoms. The molecule has 1 atom stereocenters. The van der Waals surface area contributed by atoms with Crippen molar-refractivity contribution in [1.82, 2.24) is 15.5 Å². The van der Waals surface area contributed by atoms with E-state index < -0.39 is 12.0 Å². The number of hydrogen-bond donors (Lipinski definition) is 2. The van der Waals surface area contributed by atoms with Gasteiger partial charge in [-0.3, -0.25) is 4.90 Å². The van der Waals surface area contributed by atoms with Crippen LogP contribution in [0.4, 0.5) is 14.9 Å². The summed E-state index contributed by atoms with van der Waals surface area (Å²) in [6.45, 7) is 7.56. The third kappa shape index (κ3) is 5.39. The van der Waals surface area contributed by atoms with Crippen molar-refractivity contribution in [3.8, 4) is 0 Å². The summed E-state index contributed by atoms with van der Waals surface area (Å²) in [7, 11) is 0. The minimum absolute atomic E-state index is 0.249. The molecule has 2 aliphatic heterocycles. The molecule has 2 aliphatic rings. The summed E-state index contributed by atoms with van der Waals surface area (Å²) >= 11 is 0. The number of piperazine rings is 1. The zero-order chi connectivity index (χ0) is 24.1. The number of benzene rings is 2. The summed E-state index contributed by atoms with van der Waals surface area (Å²) < 4.78 is 18.6. The Bertz CT molecular complexity index is 1040. The Hall–Kier alpha value is -3.39. The van der Waals surface area contributed by atoms with Crippen molar-refractivity contribution < 1.29 is 18.7 Å². The fraction of sp³-hybridized carbons (Fsp3) is 0.385. The quantitative estimate of drug-likeness (QED) is 0.612. The highest BCUT2D eigenvalue weighted by Gasteiger charge is 2.34. The van der Waals surface area contributed by atoms with Crippen molar-refractivity contribution in [1.29, 1.82) is 0 Å². The first-order chi connectivity index (χ1) is 16.5. The van der Waals surface area contributed by atoms with Crippen molar-refractivity contribution in [2.24, 2.45) is 0 Å². The number of carbonyl (C=O) groups excluding carboxylic acids is 2. The van der Waals surface area contributed by atoms with Crippen LogP contribution in [0.25, 0.3) is 0 Å². The van der Waals surface area contributed by atoms with Crippen molar-refractivity contribution in [2.45, 2.75) is 26.3 Å². The smallest absolute Gasteiger partial charge is 0.338 e. The van der Waals surface area contributed by atoms with Crippen LogP contribution in [0, 0.1) is 5.82 Å². The zero-order valence-corrected chi connectivity index (χ0v) is 19.6. The maximum atomic E-state index is 13.2. The van der Waals surface area contributed by atoms with Gasteiger partial charge in [0.05, 0.1) is 18.2 Å². The fourth-order valence-corrected chi connectivity index (χ4v) is 4.43. The van der Waals surface area contributed by atoms with Crippen LogP contribution in [-0.2, 0) is 16.0 Å². The molecular weight excluding hydrogens is 435 g/mol. The van der Waals surface area contributed by atoms with Gasteiger partial charge in [-0.05, 0) is 48.7 Å². The van der Waals surface area contributed by atoms with Gasteiger partial charge in [-0.1, -0.05) is 31.2 Å². The lowest BCUT2D eigenvalue weighted by Gasteiger charge is -2.38. The molecule has 0 radical (unpaired) electrons. The van der Waals surface area contributed by atoms with E-state index in [4.69, 9.17) is 4.74 Å². The van der Waals surface area contributed by atoms with Crippen LogP contribution >= 0.6 is 0 Å². The van der Waals surface area contributed by atoms with Crippen LogP contribution < -0.4 is 15.5 Å². The minimum Gasteiger partial charge on any atom is -0.463 e. The second kappa shape index (κ2) is 10.7. The van der Waals surface area contributed by atoms with Gasteiger partial charge >= 0.3 is 12.0 Å². The van der Waals surface area contributed by atoms with Gasteiger partial charge in [0.2, 0.25) is 0 Å². The molecule has 2 amide bonds. The topological polar surface area (TPSA) is 73.9 Å². The highest BCUT2D eigenvalue weighted by molar-refractivity contribution is 5.95. The summed E-state index contributed by atoms with van der Waals surface area (Å²) in [5, 5.41) is 5.75. The number of hydrogen-bond acceptors (Lipinski definition) is 5. The number of esters is 1. The second-order valence-corrected chi connectivity index (χ2v) is 8.48. The van der Waals surface area contributed by atoms with Crippen LogP contribution in [0.1, 0.15) is 31.0 Å². The molecule has 8 heteroatoms. The normalized spacial score (nSPS) is 19.0. The Kier molecular flexibility index (Phi) is 7.47. The lowest BCUT2D eigenvalue weighted by molar-refractivity contribution is -0.139. The fourth-order valence-electron chi connectivity index (χ4n) is 4.43. The predicted octanol–water partition coefficient (Wildman–Crippen LogP) is 3.38. The Morgan fingerprint density at radius 3 is 2.32 bits per heavy atom. The van der Waals surface area contributed by atoms with E-state index in [0.717, 1.165) is 43.9 Å². The van der Waals surface area contributed by atoms with E-state index in [1.807, 2.05) is 24.3 Å². The van der Waals surface area contributed by atoms with Gasteiger partial charge in [-0.25, -0.2) is 14.0 Å². The molecule has 34 heavy (non-hydrogen) atoms. The molecular formula is C26H31FN4O3. The number of amides is 2. The maximum absolute atomic E-state index is 13.2. The molecule has 0 aliphatic carbocycles. The average Bonchev–Trinajstić information content (AvgIpc) is 2.85. The summed E-state index contributed by atoms with van der Waals surface area (Å²) in [5.74, 6) is -0.680. The third-order valence-electron chi connectivity index (χ3n) is 6.32. The first-order valence-corrected chi connectivity index (χ1v) is 11.8. The number of anilines is 1. The number of nitrogens with one attached hydrogen (secondary N) is 2. The predicted molar refractivity (Wildman–Crippen MR) is 129 cm³/mol. The number of carbonyl (C=O) groups is 2. The molecule has 2 aromatic carbocycles. The molecule has 0 bridgehead atoms. The van der Waals surface area contributed by atoms with Crippen molar-refractivity contribution in [3.05, 3.63) is 76.7 Å². The van der Waals surface area contributed by atoms with Gasteiger partial charge in [-0.15, -0.1) is 0 Å². The Morgan fingerprint density at radius 1 is 1.03 bits per heavy atom. The molecule has 4 rings (SSSR count). The molecule has 0 aromatic heterocycles. The Balaban J connectivity index is 1.54. The molecule has 0 saturated carbocycles. The number of halogens is 1. The van der Waals surface area contributed by atoms with E-state index in [0.29, 0.717) is 17.8 Å². The average molecular weight is 467 g/mol. The monoisotopic (exact) mass is 466 g/mol. The van der Waals surface area contributed by atoms with Gasteiger partial charge in [0.1, 0.15) is 5.82 Å². The van der Waals surface area contributed by atoms with Crippen LogP contribution in [0.5, 0.6) is 0 Å².